The van der Waals surface area contributed by atoms with E-state index in [1.807, 2.05) is 12.2 Å². The van der Waals surface area contributed by atoms with Crippen LogP contribution in [0.3, 0.4) is 0 Å². The molecule has 1 aliphatic heterocycles. The third-order valence-corrected chi connectivity index (χ3v) is 9.90. The second-order valence-corrected chi connectivity index (χ2v) is 16.1. The number of hydrogen-bond acceptors (Lipinski definition) is 11. The standard InChI is InChI=1S/C47H74O12S/c1-3-5-7-9-11-13-15-17-19-20-22-24-26-28-30-32-34-36-43(49)58-40(38-57-47-46(52)45(51)44(50)41(59-47)39-60(53,54)55)37-56-42(48)35-33-31-29-27-25-23-21-18-16-14-12-10-8-6-4-2/h6,8,11-14,17-19,21-22,24-25,27-28,30,40-41,44-47,50-52H,3-5,7,9-10,15-16,20,23,26,29,31-39H2,1-2H3,(H,53,54,55)/b8-6+,13-11+,14-12+,19-17+,21-18+,24-22+,27-25+,30-28+/t40-,41-,44-,45?,46?,47+/m1/s1. The fraction of sp³-hybridized carbons (Fsp3) is 0.617. The molecular weight excluding hydrogens is 789 g/mol. The molecule has 1 saturated heterocycles. The summed E-state index contributed by atoms with van der Waals surface area (Å²) >= 11 is 0. The van der Waals surface area contributed by atoms with E-state index >= 15 is 0 Å². The van der Waals surface area contributed by atoms with Crippen LogP contribution in [0.1, 0.15) is 129 Å². The Balaban J connectivity index is 2.56. The monoisotopic (exact) mass is 862 g/mol. The number of rotatable bonds is 34. The minimum atomic E-state index is -4.62. The number of hydrogen-bond donors (Lipinski definition) is 4. The molecule has 1 fully saturated rings. The molecule has 6 atom stereocenters. The van der Waals surface area contributed by atoms with E-state index in [2.05, 4.69) is 98.9 Å². The van der Waals surface area contributed by atoms with Gasteiger partial charge in [-0.1, -0.05) is 124 Å². The molecule has 12 nitrogen and oxygen atoms in total. The molecule has 1 rings (SSSR count). The van der Waals surface area contributed by atoms with Gasteiger partial charge in [0.05, 0.1) is 6.61 Å². The van der Waals surface area contributed by atoms with Crippen molar-refractivity contribution in [2.75, 3.05) is 19.0 Å². The Morgan fingerprint density at radius 2 is 1.05 bits per heavy atom. The van der Waals surface area contributed by atoms with Crippen LogP contribution >= 0.6 is 0 Å². The third kappa shape index (κ3) is 30.6. The Hall–Kier alpha value is -3.43. The summed E-state index contributed by atoms with van der Waals surface area (Å²) in [5.74, 6) is -2.13. The molecule has 13 heteroatoms. The first-order valence-electron chi connectivity index (χ1n) is 21.8. The van der Waals surface area contributed by atoms with E-state index in [-0.39, 0.29) is 19.4 Å². The van der Waals surface area contributed by atoms with Crippen LogP contribution in [0.2, 0.25) is 0 Å². The van der Waals surface area contributed by atoms with Crippen LogP contribution in [0.25, 0.3) is 0 Å². The number of esters is 2. The lowest BCUT2D eigenvalue weighted by Crippen LogP contribution is -2.60. The lowest BCUT2D eigenvalue weighted by molar-refractivity contribution is -0.297. The molecule has 0 bridgehead atoms. The summed E-state index contributed by atoms with van der Waals surface area (Å²) in [7, 11) is -4.62. The van der Waals surface area contributed by atoms with Gasteiger partial charge in [0.2, 0.25) is 0 Å². The summed E-state index contributed by atoms with van der Waals surface area (Å²) in [5, 5.41) is 30.8. The predicted octanol–water partition coefficient (Wildman–Crippen LogP) is 8.66. The largest absolute Gasteiger partial charge is 0.462 e. The van der Waals surface area contributed by atoms with Crippen molar-refractivity contribution in [1.29, 1.82) is 0 Å². The fourth-order valence-electron chi connectivity index (χ4n) is 5.78. The summed E-state index contributed by atoms with van der Waals surface area (Å²) in [5.41, 5.74) is 0. The Bertz CT molecular complexity index is 1480. The zero-order chi connectivity index (χ0) is 44.1. The highest BCUT2D eigenvalue weighted by Gasteiger charge is 2.46. The highest BCUT2D eigenvalue weighted by atomic mass is 32.2. The smallest absolute Gasteiger partial charge is 0.306 e. The molecule has 0 saturated carbocycles. The second kappa shape index (κ2) is 36.2. The van der Waals surface area contributed by atoms with Crippen LogP contribution in [0.5, 0.6) is 0 Å². The molecule has 2 unspecified atom stereocenters. The Labute approximate surface area is 360 Å². The van der Waals surface area contributed by atoms with Crippen LogP contribution < -0.4 is 0 Å². The van der Waals surface area contributed by atoms with Gasteiger partial charge >= 0.3 is 11.9 Å². The number of unbranched alkanes of at least 4 members (excludes halogenated alkanes) is 6. The van der Waals surface area contributed by atoms with Crippen molar-refractivity contribution in [3.63, 3.8) is 0 Å². The Kier molecular flexibility index (Phi) is 33.0. The average molecular weight is 863 g/mol. The van der Waals surface area contributed by atoms with E-state index in [1.165, 1.54) is 19.3 Å². The molecule has 0 amide bonds. The van der Waals surface area contributed by atoms with Gasteiger partial charge < -0.3 is 34.3 Å². The zero-order valence-electron chi connectivity index (χ0n) is 36.0. The zero-order valence-corrected chi connectivity index (χ0v) is 36.8. The van der Waals surface area contributed by atoms with Gasteiger partial charge in [-0.15, -0.1) is 0 Å². The van der Waals surface area contributed by atoms with E-state index in [0.29, 0.717) is 19.3 Å². The number of aliphatic hydroxyl groups excluding tert-OH is 3. The van der Waals surface area contributed by atoms with Gasteiger partial charge in [0, 0.05) is 12.8 Å². The molecule has 0 aromatic rings. The van der Waals surface area contributed by atoms with Crippen molar-refractivity contribution >= 4 is 22.1 Å². The summed E-state index contributed by atoms with van der Waals surface area (Å²) < 4.78 is 53.9. The highest BCUT2D eigenvalue weighted by Crippen LogP contribution is 2.23. The summed E-state index contributed by atoms with van der Waals surface area (Å²) in [6.45, 7) is 3.51. The second-order valence-electron chi connectivity index (χ2n) is 14.6. The SMILES string of the molecule is CC/C=C/C/C=C/C/C=C/C/C=C/CCCCC(=O)OC[C@H](CO[C@H]1O[C@H](CS(=O)(=O)O)[C@@H](O)C(O)C1O)OC(=O)CCC/C=C/C/C=C/C/C=C/C/C=C/CCCCC. The molecule has 1 aliphatic rings. The van der Waals surface area contributed by atoms with Crippen LogP contribution in [0, 0.1) is 0 Å². The topological polar surface area (TPSA) is 186 Å². The van der Waals surface area contributed by atoms with Gasteiger partial charge in [0.15, 0.2) is 12.4 Å². The molecule has 60 heavy (non-hydrogen) atoms. The Morgan fingerprint density at radius 1 is 0.583 bits per heavy atom. The molecule has 4 N–H and O–H groups in total. The van der Waals surface area contributed by atoms with Crippen LogP contribution in [-0.4, -0.2) is 96.0 Å². The van der Waals surface area contributed by atoms with Crippen molar-refractivity contribution in [3.05, 3.63) is 97.2 Å². The van der Waals surface area contributed by atoms with Crippen LogP contribution in [0.15, 0.2) is 97.2 Å². The maximum Gasteiger partial charge on any atom is 0.306 e. The maximum atomic E-state index is 12.8. The quantitative estimate of drug-likeness (QED) is 0.0209. The van der Waals surface area contributed by atoms with E-state index in [4.69, 9.17) is 18.9 Å². The lowest BCUT2D eigenvalue weighted by Gasteiger charge is -2.40. The van der Waals surface area contributed by atoms with Crippen molar-refractivity contribution in [2.45, 2.75) is 166 Å². The molecule has 0 aromatic heterocycles. The summed E-state index contributed by atoms with van der Waals surface area (Å²) in [4.78, 5) is 25.3. The number of ether oxygens (including phenoxy) is 4. The van der Waals surface area contributed by atoms with E-state index < -0.39 is 71.2 Å². The number of carbonyl (C=O) groups excluding carboxylic acids is 2. The van der Waals surface area contributed by atoms with Crippen LogP contribution in [0.4, 0.5) is 0 Å². The van der Waals surface area contributed by atoms with Crippen LogP contribution in [-0.2, 0) is 38.7 Å². The first-order chi connectivity index (χ1) is 29.0. The summed E-state index contributed by atoms with van der Waals surface area (Å²) in [6, 6.07) is 0. The minimum absolute atomic E-state index is 0.0731. The first-order valence-corrected chi connectivity index (χ1v) is 23.4. The molecular formula is C47H74O12S. The van der Waals surface area contributed by atoms with Crippen molar-refractivity contribution in [2.24, 2.45) is 0 Å². The number of carbonyl (C=O) groups is 2. The third-order valence-electron chi connectivity index (χ3n) is 9.15. The molecule has 0 spiro atoms. The van der Waals surface area contributed by atoms with Crippen molar-refractivity contribution in [1.82, 2.24) is 0 Å². The molecule has 0 radical (unpaired) electrons. The van der Waals surface area contributed by atoms with E-state index in [0.717, 1.165) is 64.2 Å². The average Bonchev–Trinajstić information content (AvgIpc) is 3.21. The van der Waals surface area contributed by atoms with Gasteiger partial charge in [-0.05, 0) is 89.9 Å². The van der Waals surface area contributed by atoms with Gasteiger partial charge in [-0.25, -0.2) is 0 Å². The van der Waals surface area contributed by atoms with E-state index in [9.17, 15) is 37.9 Å². The van der Waals surface area contributed by atoms with Gasteiger partial charge in [-0.2, -0.15) is 8.42 Å². The van der Waals surface area contributed by atoms with Gasteiger partial charge in [0.1, 0.15) is 36.8 Å². The minimum Gasteiger partial charge on any atom is -0.462 e. The molecule has 0 aliphatic carbocycles. The van der Waals surface area contributed by atoms with Crippen molar-refractivity contribution in [3.8, 4) is 0 Å². The first kappa shape index (κ1) is 54.6. The molecule has 340 valence electrons. The van der Waals surface area contributed by atoms with E-state index in [1.54, 1.807) is 0 Å². The highest BCUT2D eigenvalue weighted by molar-refractivity contribution is 7.85. The number of allylic oxidation sites excluding steroid dienone is 16. The Morgan fingerprint density at radius 3 is 1.55 bits per heavy atom. The normalized spacial score (nSPS) is 21.1. The predicted molar refractivity (Wildman–Crippen MR) is 237 cm³/mol. The van der Waals surface area contributed by atoms with Gasteiger partial charge in [0.25, 0.3) is 10.1 Å². The maximum absolute atomic E-state index is 12.8. The van der Waals surface area contributed by atoms with Crippen molar-refractivity contribution < 1.29 is 56.8 Å². The number of aliphatic hydroxyl groups is 3. The fourth-order valence-corrected chi connectivity index (χ4v) is 6.47. The van der Waals surface area contributed by atoms with Gasteiger partial charge in [-0.3, -0.25) is 14.1 Å². The summed E-state index contributed by atoms with van der Waals surface area (Å²) in [6.07, 6.45) is 38.9. The molecule has 1 heterocycles. The molecule has 0 aromatic carbocycles. The lowest BCUT2D eigenvalue weighted by atomic mass is 10.00.